The molecule has 1 nitrogen and oxygen atoms in total. The van der Waals surface area contributed by atoms with Crippen LogP contribution in [0.15, 0.2) is 25.3 Å². The molecule has 48 valence electrons. The summed E-state index contributed by atoms with van der Waals surface area (Å²) < 4.78 is 4.78. The number of hydrogen-bond acceptors (Lipinski definition) is 3. The molecule has 3 heteroatoms. The van der Waals surface area contributed by atoms with Gasteiger partial charge in [-0.25, -0.2) is 0 Å². The van der Waals surface area contributed by atoms with E-state index in [1.54, 1.807) is 0 Å². The summed E-state index contributed by atoms with van der Waals surface area (Å²) in [5.41, 5.74) is 0. The molecule has 0 aliphatic rings. The van der Waals surface area contributed by atoms with Crippen LogP contribution in [0.2, 0.25) is 0 Å². The van der Waals surface area contributed by atoms with E-state index in [0.29, 0.717) is 0 Å². The molecule has 9 heavy (non-hydrogen) atoms. The molecule has 0 aromatic carbocycles. The summed E-state index contributed by atoms with van der Waals surface area (Å²) in [4.78, 5) is 0. The normalized spacial score (nSPS) is 7.56. The molecule has 0 aromatic rings. The zero-order valence-electron chi connectivity index (χ0n) is 4.79. The first-order valence-electron chi connectivity index (χ1n) is 2.21. The lowest BCUT2D eigenvalue weighted by Crippen LogP contribution is -2.01. The Morgan fingerprint density at radius 2 is 1.44 bits per heavy atom. The second-order valence-corrected chi connectivity index (χ2v) is 1.95. The highest BCUT2D eigenvalue weighted by Gasteiger charge is 1.91. The van der Waals surface area contributed by atoms with E-state index in [4.69, 9.17) is 4.74 Å². The van der Waals surface area contributed by atoms with Crippen LogP contribution in [0.4, 0.5) is 0 Å². The van der Waals surface area contributed by atoms with Crippen LogP contribution < -0.4 is 0 Å². The van der Waals surface area contributed by atoms with Crippen LogP contribution in [0, 0.1) is 0 Å². The Balaban J connectivity index is 3.73. The van der Waals surface area contributed by atoms with Crippen LogP contribution in [0.3, 0.4) is 0 Å². The smallest absolute Gasteiger partial charge is 0.191 e. The Morgan fingerprint density at radius 1 is 1.11 bits per heavy atom. The average Bonchev–Trinajstić information content (AvgIpc) is 1.87. The maximum absolute atomic E-state index is 4.78. The highest BCUT2D eigenvalue weighted by molar-refractivity contribution is 7.81. The molecular formula is C6H6OS2. The summed E-state index contributed by atoms with van der Waals surface area (Å²) in [6.45, 7) is 6.78. The summed E-state index contributed by atoms with van der Waals surface area (Å²) in [6.07, 6.45) is 2.82. The second kappa shape index (κ2) is 4.35. The van der Waals surface area contributed by atoms with Gasteiger partial charge in [0.25, 0.3) is 0 Å². The van der Waals surface area contributed by atoms with Crippen LogP contribution in [-0.2, 0) is 4.74 Å². The molecule has 0 atom stereocenters. The lowest BCUT2D eigenvalue weighted by Gasteiger charge is -1.97. The summed E-state index contributed by atoms with van der Waals surface area (Å²) in [7, 11) is 0. The molecule has 0 fully saturated rings. The van der Waals surface area contributed by atoms with Gasteiger partial charge in [0, 0.05) is 0 Å². The third kappa shape index (κ3) is 4.00. The molecule has 0 bridgehead atoms. The molecule has 0 amide bonds. The molecule has 0 rings (SSSR count). The molecule has 0 saturated heterocycles. The Bertz CT molecular complexity index is 142. The minimum Gasteiger partial charge on any atom is -0.434 e. The Hall–Kier alpha value is -0.540. The zero-order valence-corrected chi connectivity index (χ0v) is 6.43. The van der Waals surface area contributed by atoms with Crippen molar-refractivity contribution in [3.8, 4) is 0 Å². The first kappa shape index (κ1) is 8.46. The zero-order chi connectivity index (χ0) is 7.28. The number of thiocarbonyl (C=S) groups is 2. The van der Waals surface area contributed by atoms with Crippen LogP contribution in [0.5, 0.6) is 0 Å². The Kier molecular flexibility index (Phi) is 4.09. The summed E-state index contributed by atoms with van der Waals surface area (Å²) >= 11 is 9.24. The molecule has 0 heterocycles. The summed E-state index contributed by atoms with van der Waals surface area (Å²) in [5, 5.41) is 0.555. The van der Waals surface area contributed by atoms with Gasteiger partial charge >= 0.3 is 0 Å². The monoisotopic (exact) mass is 158 g/mol. The number of ether oxygens (including phenoxy) is 1. The van der Waals surface area contributed by atoms with E-state index in [0.717, 1.165) is 0 Å². The van der Waals surface area contributed by atoms with Crippen LogP contribution in [0.1, 0.15) is 0 Å². The molecular weight excluding hydrogens is 152 g/mol. The second-order valence-electron chi connectivity index (χ2n) is 1.15. The Labute approximate surface area is 65.0 Å². The topological polar surface area (TPSA) is 9.23 Å². The average molecular weight is 158 g/mol. The van der Waals surface area contributed by atoms with E-state index in [2.05, 4.69) is 37.6 Å². The minimum atomic E-state index is 0.278. The first-order chi connectivity index (χ1) is 4.20. The van der Waals surface area contributed by atoms with E-state index in [9.17, 15) is 0 Å². The molecule has 0 radical (unpaired) electrons. The summed E-state index contributed by atoms with van der Waals surface area (Å²) in [6, 6.07) is 0. The van der Waals surface area contributed by atoms with Gasteiger partial charge in [0.15, 0.2) is 10.1 Å². The van der Waals surface area contributed by atoms with E-state index >= 15 is 0 Å². The lowest BCUT2D eigenvalue weighted by molar-refractivity contribution is 0.584. The van der Waals surface area contributed by atoms with Crippen molar-refractivity contribution in [1.82, 2.24) is 0 Å². The van der Waals surface area contributed by atoms with Crippen molar-refractivity contribution >= 4 is 34.5 Å². The lowest BCUT2D eigenvalue weighted by atomic mass is 10.6. The fourth-order valence-electron chi connectivity index (χ4n) is 0.182. The molecule has 0 unspecified atom stereocenters. The van der Waals surface area contributed by atoms with Crippen molar-refractivity contribution < 1.29 is 4.74 Å². The van der Waals surface area contributed by atoms with Gasteiger partial charge in [0.1, 0.15) is 0 Å². The number of rotatable bonds is 2. The van der Waals surface area contributed by atoms with Gasteiger partial charge in [-0.05, 0) is 36.6 Å². The summed E-state index contributed by atoms with van der Waals surface area (Å²) in [5.74, 6) is 0. The van der Waals surface area contributed by atoms with Crippen LogP contribution in [-0.4, -0.2) is 10.1 Å². The number of hydrogen-bond donors (Lipinski definition) is 0. The predicted molar refractivity (Wildman–Crippen MR) is 46.7 cm³/mol. The van der Waals surface area contributed by atoms with Crippen molar-refractivity contribution in [2.24, 2.45) is 0 Å². The van der Waals surface area contributed by atoms with Crippen molar-refractivity contribution in [2.45, 2.75) is 0 Å². The van der Waals surface area contributed by atoms with Crippen molar-refractivity contribution in [1.29, 1.82) is 0 Å². The molecule has 0 N–H and O–H groups in total. The standard InChI is InChI=1S/C6H6OS2/c1-3-5(8)7-6(9)4-2/h3-4H,1-2H2. The first-order valence-corrected chi connectivity index (χ1v) is 3.03. The van der Waals surface area contributed by atoms with Gasteiger partial charge in [-0.1, -0.05) is 13.2 Å². The fourth-order valence-corrected chi connectivity index (χ4v) is 0.415. The molecule has 0 aliphatic heterocycles. The van der Waals surface area contributed by atoms with E-state index in [-0.39, 0.29) is 10.1 Å². The van der Waals surface area contributed by atoms with E-state index in [1.807, 2.05) is 0 Å². The van der Waals surface area contributed by atoms with Gasteiger partial charge in [-0.3, -0.25) is 0 Å². The van der Waals surface area contributed by atoms with Gasteiger partial charge in [-0.2, -0.15) is 0 Å². The van der Waals surface area contributed by atoms with Crippen molar-refractivity contribution in [3.05, 3.63) is 25.3 Å². The van der Waals surface area contributed by atoms with Crippen LogP contribution in [0.25, 0.3) is 0 Å². The van der Waals surface area contributed by atoms with E-state index < -0.39 is 0 Å². The molecule has 0 saturated carbocycles. The van der Waals surface area contributed by atoms with Crippen molar-refractivity contribution in [2.75, 3.05) is 0 Å². The SMILES string of the molecule is C=CC(=S)OC(=S)C=C. The van der Waals surface area contributed by atoms with Crippen molar-refractivity contribution in [3.63, 3.8) is 0 Å². The van der Waals surface area contributed by atoms with E-state index in [1.165, 1.54) is 12.2 Å². The fraction of sp³-hybridized carbons (Fsp3) is 0. The van der Waals surface area contributed by atoms with Gasteiger partial charge < -0.3 is 4.74 Å². The molecule has 0 aromatic heterocycles. The Morgan fingerprint density at radius 3 is 1.67 bits per heavy atom. The largest absolute Gasteiger partial charge is 0.434 e. The minimum absolute atomic E-state index is 0.278. The van der Waals surface area contributed by atoms with Crippen LogP contribution >= 0.6 is 24.4 Å². The molecule has 0 aliphatic carbocycles. The van der Waals surface area contributed by atoms with Gasteiger partial charge in [0.2, 0.25) is 0 Å². The predicted octanol–water partition coefficient (Wildman–Crippen LogP) is 2.03. The maximum Gasteiger partial charge on any atom is 0.191 e. The quantitative estimate of drug-likeness (QED) is 0.449. The van der Waals surface area contributed by atoms with Gasteiger partial charge in [0.05, 0.1) is 0 Å². The highest BCUT2D eigenvalue weighted by Crippen LogP contribution is 1.87. The maximum atomic E-state index is 4.78. The molecule has 0 spiro atoms. The third-order valence-corrected chi connectivity index (χ3v) is 1.03. The third-order valence-electron chi connectivity index (χ3n) is 0.535. The van der Waals surface area contributed by atoms with Gasteiger partial charge in [-0.15, -0.1) is 0 Å². The highest BCUT2D eigenvalue weighted by atomic mass is 32.1.